The monoisotopic (exact) mass is 226 g/mol. The number of carbonyl (C=O) groups is 2. The summed E-state index contributed by atoms with van der Waals surface area (Å²) in [5, 5.41) is 11.6. The lowest BCUT2D eigenvalue weighted by Gasteiger charge is -2.27. The van der Waals surface area contributed by atoms with Crippen LogP contribution in [0.5, 0.6) is 0 Å². The minimum atomic E-state index is -0.931. The molecule has 0 aromatic heterocycles. The van der Waals surface area contributed by atoms with Gasteiger partial charge in [-0.2, -0.15) is 0 Å². The summed E-state index contributed by atoms with van der Waals surface area (Å²) in [6.45, 7) is 0.554. The van der Waals surface area contributed by atoms with Gasteiger partial charge < -0.3 is 16.2 Å². The molecule has 0 aromatic carbocycles. The minimum absolute atomic E-state index is 0.0209. The third-order valence-corrected chi connectivity index (χ3v) is 2.91. The second kappa shape index (κ2) is 6.27. The van der Waals surface area contributed by atoms with Gasteiger partial charge in [0.1, 0.15) is 0 Å². The lowest BCUT2D eigenvalue weighted by atomic mass is 9.85. The fourth-order valence-electron chi connectivity index (χ4n) is 1.98. The molecule has 0 saturated heterocycles. The molecule has 1 aliphatic carbocycles. The highest BCUT2D eigenvalue weighted by Crippen LogP contribution is 2.23. The van der Waals surface area contributed by atoms with Crippen molar-refractivity contribution in [3.63, 3.8) is 0 Å². The Bertz CT molecular complexity index is 281. The molecular weight excluding hydrogens is 208 g/mol. The molecule has 5 nitrogen and oxygen atoms in total. The molecule has 0 spiro atoms. The third-order valence-electron chi connectivity index (χ3n) is 2.91. The van der Waals surface area contributed by atoms with E-state index in [9.17, 15) is 9.59 Å². The Hall–Kier alpha value is -1.36. The highest BCUT2D eigenvalue weighted by atomic mass is 16.4. The first-order valence-corrected chi connectivity index (χ1v) is 5.51. The maximum absolute atomic E-state index is 10.9. The Morgan fingerprint density at radius 2 is 1.94 bits per heavy atom. The molecule has 1 rings (SSSR count). The van der Waals surface area contributed by atoms with Crippen molar-refractivity contribution in [1.29, 1.82) is 0 Å². The van der Waals surface area contributed by atoms with Crippen molar-refractivity contribution >= 4 is 11.9 Å². The molecule has 0 atom stereocenters. The standard InChI is InChI=1S/C11H18N2O3/c12-11(16)8-3-5-9(6-4-8)13-7-1-2-10(14)15/h1-2,8-9,13H,3-7H2,(H2,12,16)(H,14,15)/b2-1+. The normalized spacial score (nSPS) is 25.8. The van der Waals surface area contributed by atoms with Gasteiger partial charge >= 0.3 is 5.97 Å². The average molecular weight is 226 g/mol. The highest BCUT2D eigenvalue weighted by Gasteiger charge is 2.23. The van der Waals surface area contributed by atoms with E-state index in [1.54, 1.807) is 6.08 Å². The van der Waals surface area contributed by atoms with E-state index >= 15 is 0 Å². The number of hydrogen-bond acceptors (Lipinski definition) is 3. The number of carboxylic acid groups (broad SMARTS) is 1. The highest BCUT2D eigenvalue weighted by molar-refractivity contribution is 5.79. The van der Waals surface area contributed by atoms with E-state index in [0.29, 0.717) is 12.6 Å². The SMILES string of the molecule is NC(=O)C1CCC(NC/C=C/C(=O)O)CC1. The van der Waals surface area contributed by atoms with E-state index in [0.717, 1.165) is 31.8 Å². The summed E-state index contributed by atoms with van der Waals surface area (Å²) in [5.74, 6) is -1.11. The van der Waals surface area contributed by atoms with Crippen molar-refractivity contribution in [2.75, 3.05) is 6.54 Å². The summed E-state index contributed by atoms with van der Waals surface area (Å²) < 4.78 is 0. The van der Waals surface area contributed by atoms with E-state index in [4.69, 9.17) is 10.8 Å². The quantitative estimate of drug-likeness (QED) is 0.586. The van der Waals surface area contributed by atoms with Crippen LogP contribution in [0.4, 0.5) is 0 Å². The largest absolute Gasteiger partial charge is 0.478 e. The minimum Gasteiger partial charge on any atom is -0.478 e. The molecule has 0 aliphatic heterocycles. The number of nitrogens with one attached hydrogen (secondary N) is 1. The fraction of sp³-hybridized carbons (Fsp3) is 0.636. The summed E-state index contributed by atoms with van der Waals surface area (Å²) in [6, 6.07) is 0.369. The van der Waals surface area contributed by atoms with Crippen LogP contribution in [-0.4, -0.2) is 29.6 Å². The van der Waals surface area contributed by atoms with Gasteiger partial charge in [-0.1, -0.05) is 6.08 Å². The van der Waals surface area contributed by atoms with Gasteiger partial charge in [-0.05, 0) is 25.7 Å². The Kier molecular flexibility index (Phi) is 4.98. The smallest absolute Gasteiger partial charge is 0.328 e. The van der Waals surface area contributed by atoms with Crippen LogP contribution >= 0.6 is 0 Å². The zero-order chi connectivity index (χ0) is 12.0. The van der Waals surface area contributed by atoms with E-state index in [2.05, 4.69) is 5.32 Å². The van der Waals surface area contributed by atoms with Crippen molar-refractivity contribution in [3.8, 4) is 0 Å². The Balaban J connectivity index is 2.17. The van der Waals surface area contributed by atoms with Crippen LogP contribution in [0.3, 0.4) is 0 Å². The number of primary amides is 1. The van der Waals surface area contributed by atoms with Crippen molar-refractivity contribution in [3.05, 3.63) is 12.2 Å². The molecule has 0 unspecified atom stereocenters. The summed E-state index contributed by atoms with van der Waals surface area (Å²) >= 11 is 0. The van der Waals surface area contributed by atoms with Crippen LogP contribution in [0, 0.1) is 5.92 Å². The summed E-state index contributed by atoms with van der Waals surface area (Å²) in [7, 11) is 0. The Labute approximate surface area is 94.7 Å². The molecule has 5 heteroatoms. The van der Waals surface area contributed by atoms with Gasteiger partial charge in [0.25, 0.3) is 0 Å². The second-order valence-corrected chi connectivity index (χ2v) is 4.10. The molecule has 90 valence electrons. The lowest BCUT2D eigenvalue weighted by Crippen LogP contribution is -2.36. The van der Waals surface area contributed by atoms with Gasteiger partial charge in [0, 0.05) is 24.6 Å². The molecule has 0 radical (unpaired) electrons. The maximum atomic E-state index is 10.9. The maximum Gasteiger partial charge on any atom is 0.328 e. The van der Waals surface area contributed by atoms with Crippen LogP contribution in [0.1, 0.15) is 25.7 Å². The van der Waals surface area contributed by atoms with E-state index in [-0.39, 0.29) is 11.8 Å². The van der Waals surface area contributed by atoms with Gasteiger partial charge in [0.05, 0.1) is 0 Å². The predicted octanol–water partition coefficient (Wildman–Crippen LogP) is 0.261. The zero-order valence-electron chi connectivity index (χ0n) is 9.19. The molecule has 0 heterocycles. The van der Waals surface area contributed by atoms with Crippen LogP contribution in [0.25, 0.3) is 0 Å². The number of hydrogen-bond donors (Lipinski definition) is 3. The first-order chi connectivity index (χ1) is 7.59. The number of carbonyl (C=O) groups excluding carboxylic acids is 1. The number of nitrogens with two attached hydrogens (primary N) is 1. The summed E-state index contributed by atoms with van der Waals surface area (Å²) in [5.41, 5.74) is 5.23. The number of amides is 1. The molecular formula is C11H18N2O3. The molecule has 0 aromatic rings. The fourth-order valence-corrected chi connectivity index (χ4v) is 1.98. The first kappa shape index (κ1) is 12.7. The van der Waals surface area contributed by atoms with E-state index < -0.39 is 5.97 Å². The van der Waals surface area contributed by atoms with E-state index in [1.807, 2.05) is 0 Å². The van der Waals surface area contributed by atoms with Gasteiger partial charge in [0.2, 0.25) is 5.91 Å². The van der Waals surface area contributed by atoms with Crippen molar-refractivity contribution in [1.82, 2.24) is 5.32 Å². The third kappa shape index (κ3) is 4.44. The summed E-state index contributed by atoms with van der Waals surface area (Å²) in [6.07, 6.45) is 6.22. The topological polar surface area (TPSA) is 92.4 Å². The average Bonchev–Trinajstić information content (AvgIpc) is 2.25. The van der Waals surface area contributed by atoms with Crippen molar-refractivity contribution < 1.29 is 14.7 Å². The molecule has 1 fully saturated rings. The molecule has 1 aliphatic rings. The van der Waals surface area contributed by atoms with E-state index in [1.165, 1.54) is 0 Å². The number of rotatable bonds is 5. The predicted molar refractivity (Wildman–Crippen MR) is 59.7 cm³/mol. The first-order valence-electron chi connectivity index (χ1n) is 5.51. The number of carboxylic acids is 1. The molecule has 1 amide bonds. The van der Waals surface area contributed by atoms with Gasteiger partial charge in [-0.25, -0.2) is 4.79 Å². The molecule has 1 saturated carbocycles. The van der Waals surface area contributed by atoms with Crippen LogP contribution in [0.15, 0.2) is 12.2 Å². The Morgan fingerprint density at radius 3 is 2.44 bits per heavy atom. The van der Waals surface area contributed by atoms with Crippen molar-refractivity contribution in [2.24, 2.45) is 11.7 Å². The van der Waals surface area contributed by atoms with Gasteiger partial charge in [0.15, 0.2) is 0 Å². The van der Waals surface area contributed by atoms with Crippen LogP contribution in [-0.2, 0) is 9.59 Å². The molecule has 16 heavy (non-hydrogen) atoms. The zero-order valence-corrected chi connectivity index (χ0v) is 9.19. The van der Waals surface area contributed by atoms with Gasteiger partial charge in [-0.15, -0.1) is 0 Å². The van der Waals surface area contributed by atoms with Crippen molar-refractivity contribution in [2.45, 2.75) is 31.7 Å². The Morgan fingerprint density at radius 1 is 1.31 bits per heavy atom. The molecule has 4 N–H and O–H groups in total. The molecule has 0 bridgehead atoms. The van der Waals surface area contributed by atoms with Crippen LogP contribution < -0.4 is 11.1 Å². The van der Waals surface area contributed by atoms with Gasteiger partial charge in [-0.3, -0.25) is 4.79 Å². The second-order valence-electron chi connectivity index (χ2n) is 4.10. The number of aliphatic carboxylic acids is 1. The van der Waals surface area contributed by atoms with Crippen LogP contribution in [0.2, 0.25) is 0 Å². The lowest BCUT2D eigenvalue weighted by molar-refractivity contribution is -0.131. The summed E-state index contributed by atoms with van der Waals surface area (Å²) in [4.78, 5) is 21.1.